The van der Waals surface area contributed by atoms with Gasteiger partial charge in [-0.1, -0.05) is 25.1 Å². The number of anilines is 1. The number of rotatable bonds is 3. The van der Waals surface area contributed by atoms with Gasteiger partial charge in [0, 0.05) is 30.2 Å². The quantitative estimate of drug-likeness (QED) is 0.860. The summed E-state index contributed by atoms with van der Waals surface area (Å²) in [5.74, 6) is 0.171. The lowest BCUT2D eigenvalue weighted by Gasteiger charge is -2.26. The van der Waals surface area contributed by atoms with Gasteiger partial charge in [-0.15, -0.1) is 11.3 Å². The van der Waals surface area contributed by atoms with Crippen LogP contribution in [0.15, 0.2) is 29.6 Å². The van der Waals surface area contributed by atoms with Crippen molar-refractivity contribution < 1.29 is 4.79 Å². The molecule has 1 amide bonds. The van der Waals surface area contributed by atoms with Gasteiger partial charge in [0.05, 0.1) is 17.1 Å². The summed E-state index contributed by atoms with van der Waals surface area (Å²) in [6, 6.07) is 8.85. The second-order valence-electron chi connectivity index (χ2n) is 6.66. The number of para-hydroxylation sites is 1. The standard InChI is InChI=1S/C19H23N3OS/c1-2-18-20-15(13-24-18)10-19(23)22-12-16-7-5-9-21(16)11-14-6-3-4-8-17(14)22/h3-4,6,8,13,16H,2,5,7,9-12H2,1H3/t16-/m0/s1. The normalized spacial score (nSPS) is 20.5. The number of nitrogens with zero attached hydrogens (tertiary/aromatic N) is 3. The summed E-state index contributed by atoms with van der Waals surface area (Å²) in [6.07, 6.45) is 3.76. The molecule has 0 spiro atoms. The number of benzene rings is 1. The van der Waals surface area contributed by atoms with Crippen molar-refractivity contribution in [1.82, 2.24) is 9.88 Å². The molecule has 1 atom stereocenters. The van der Waals surface area contributed by atoms with Crippen LogP contribution in [0.2, 0.25) is 0 Å². The first-order valence-corrected chi connectivity index (χ1v) is 9.68. The van der Waals surface area contributed by atoms with Gasteiger partial charge in [-0.05, 0) is 37.4 Å². The molecule has 4 nitrogen and oxygen atoms in total. The van der Waals surface area contributed by atoms with E-state index in [1.165, 1.54) is 18.4 Å². The van der Waals surface area contributed by atoms with Gasteiger partial charge in [0.2, 0.25) is 5.91 Å². The zero-order valence-electron chi connectivity index (χ0n) is 14.1. The van der Waals surface area contributed by atoms with E-state index in [0.717, 1.165) is 42.4 Å². The van der Waals surface area contributed by atoms with Crippen molar-refractivity contribution in [2.75, 3.05) is 18.0 Å². The maximum absolute atomic E-state index is 13.0. The molecule has 2 aliphatic rings. The van der Waals surface area contributed by atoms with Crippen molar-refractivity contribution in [3.8, 4) is 0 Å². The lowest BCUT2D eigenvalue weighted by atomic mass is 10.1. The molecule has 24 heavy (non-hydrogen) atoms. The smallest absolute Gasteiger partial charge is 0.233 e. The molecule has 5 heteroatoms. The highest BCUT2D eigenvalue weighted by atomic mass is 32.1. The van der Waals surface area contributed by atoms with Crippen LogP contribution in [0.3, 0.4) is 0 Å². The fourth-order valence-electron chi connectivity index (χ4n) is 3.82. The zero-order valence-corrected chi connectivity index (χ0v) is 14.9. The van der Waals surface area contributed by atoms with E-state index in [1.807, 2.05) is 16.3 Å². The number of aryl methyl sites for hydroxylation is 1. The van der Waals surface area contributed by atoms with Crippen LogP contribution in [0.25, 0.3) is 0 Å². The van der Waals surface area contributed by atoms with Gasteiger partial charge in [-0.3, -0.25) is 9.69 Å². The van der Waals surface area contributed by atoms with E-state index in [1.54, 1.807) is 11.3 Å². The number of carbonyl (C=O) groups is 1. The van der Waals surface area contributed by atoms with Gasteiger partial charge >= 0.3 is 0 Å². The summed E-state index contributed by atoms with van der Waals surface area (Å²) >= 11 is 1.65. The Bertz CT molecular complexity index is 742. The van der Waals surface area contributed by atoms with Gasteiger partial charge in [0.1, 0.15) is 0 Å². The van der Waals surface area contributed by atoms with Crippen LogP contribution in [-0.2, 0) is 24.2 Å². The molecule has 0 aliphatic carbocycles. The molecule has 3 heterocycles. The second-order valence-corrected chi connectivity index (χ2v) is 7.61. The van der Waals surface area contributed by atoms with E-state index in [9.17, 15) is 4.79 Å². The predicted molar refractivity (Wildman–Crippen MR) is 97.4 cm³/mol. The summed E-state index contributed by atoms with van der Waals surface area (Å²) in [5, 5.41) is 3.14. The largest absolute Gasteiger partial charge is 0.310 e. The Kier molecular flexibility index (Phi) is 4.37. The highest BCUT2D eigenvalue weighted by Crippen LogP contribution is 2.31. The summed E-state index contributed by atoms with van der Waals surface area (Å²) in [6.45, 7) is 5.01. The first kappa shape index (κ1) is 15.8. The van der Waals surface area contributed by atoms with Crippen LogP contribution in [0.4, 0.5) is 5.69 Å². The second kappa shape index (κ2) is 6.65. The Labute approximate surface area is 147 Å². The average molecular weight is 341 g/mol. The molecule has 126 valence electrons. The Balaban J connectivity index is 1.61. The lowest BCUT2D eigenvalue weighted by molar-refractivity contribution is -0.118. The summed E-state index contributed by atoms with van der Waals surface area (Å²) in [7, 11) is 0. The summed E-state index contributed by atoms with van der Waals surface area (Å²) in [4.78, 5) is 22.2. The minimum absolute atomic E-state index is 0.171. The molecule has 1 saturated heterocycles. The molecule has 2 aliphatic heterocycles. The third kappa shape index (κ3) is 2.98. The van der Waals surface area contributed by atoms with E-state index < -0.39 is 0 Å². The Morgan fingerprint density at radius 2 is 2.25 bits per heavy atom. The molecular weight excluding hydrogens is 318 g/mol. The van der Waals surface area contributed by atoms with Gasteiger partial charge in [0.15, 0.2) is 0 Å². The molecule has 1 aromatic carbocycles. The zero-order chi connectivity index (χ0) is 16.5. The van der Waals surface area contributed by atoms with Gasteiger partial charge in [0.25, 0.3) is 0 Å². The Morgan fingerprint density at radius 3 is 3.08 bits per heavy atom. The van der Waals surface area contributed by atoms with Crippen LogP contribution in [0.5, 0.6) is 0 Å². The van der Waals surface area contributed by atoms with E-state index in [0.29, 0.717) is 12.5 Å². The van der Waals surface area contributed by atoms with Crippen LogP contribution in [0, 0.1) is 0 Å². The van der Waals surface area contributed by atoms with Crippen LogP contribution < -0.4 is 4.90 Å². The third-order valence-electron chi connectivity index (χ3n) is 5.08. The SMILES string of the molecule is CCc1nc(CC(=O)N2C[C@@H]3CCCN3Cc3ccccc32)cs1. The van der Waals surface area contributed by atoms with Crippen LogP contribution in [0.1, 0.15) is 36.0 Å². The fraction of sp³-hybridized carbons (Fsp3) is 0.474. The van der Waals surface area contributed by atoms with E-state index in [-0.39, 0.29) is 5.91 Å². The molecule has 2 aromatic rings. The molecule has 0 N–H and O–H groups in total. The highest BCUT2D eigenvalue weighted by Gasteiger charge is 2.33. The molecule has 0 saturated carbocycles. The monoisotopic (exact) mass is 341 g/mol. The molecule has 1 aromatic heterocycles. The Morgan fingerprint density at radius 1 is 1.38 bits per heavy atom. The number of amides is 1. The number of hydrogen-bond donors (Lipinski definition) is 0. The van der Waals surface area contributed by atoms with Gasteiger partial charge in [-0.2, -0.15) is 0 Å². The minimum Gasteiger partial charge on any atom is -0.310 e. The van der Waals surface area contributed by atoms with Crippen molar-refractivity contribution in [3.63, 3.8) is 0 Å². The van der Waals surface area contributed by atoms with E-state index in [2.05, 4.69) is 35.0 Å². The first-order valence-electron chi connectivity index (χ1n) is 8.80. The number of hydrogen-bond acceptors (Lipinski definition) is 4. The van der Waals surface area contributed by atoms with Crippen molar-refractivity contribution in [1.29, 1.82) is 0 Å². The first-order chi connectivity index (χ1) is 11.7. The molecule has 0 radical (unpaired) electrons. The summed E-state index contributed by atoms with van der Waals surface area (Å²) < 4.78 is 0. The Hall–Kier alpha value is -1.72. The van der Waals surface area contributed by atoms with Crippen molar-refractivity contribution in [2.45, 2.75) is 45.2 Å². The molecular formula is C19H23N3OS. The molecule has 0 unspecified atom stereocenters. The van der Waals surface area contributed by atoms with Crippen molar-refractivity contribution in [2.24, 2.45) is 0 Å². The van der Waals surface area contributed by atoms with Crippen LogP contribution in [-0.4, -0.2) is 34.9 Å². The maximum atomic E-state index is 13.0. The molecule has 0 bridgehead atoms. The van der Waals surface area contributed by atoms with Crippen LogP contribution >= 0.6 is 11.3 Å². The topological polar surface area (TPSA) is 36.4 Å². The van der Waals surface area contributed by atoms with Gasteiger partial charge in [-0.25, -0.2) is 4.98 Å². The van der Waals surface area contributed by atoms with Gasteiger partial charge < -0.3 is 4.90 Å². The number of fused-ring (bicyclic) bond motifs is 2. The molecule has 4 rings (SSSR count). The lowest BCUT2D eigenvalue weighted by Crippen LogP contribution is -2.41. The average Bonchev–Trinajstić information content (AvgIpc) is 3.19. The molecule has 1 fully saturated rings. The van der Waals surface area contributed by atoms with Crippen molar-refractivity contribution >= 4 is 22.9 Å². The number of carbonyl (C=O) groups excluding carboxylic acids is 1. The summed E-state index contributed by atoms with van der Waals surface area (Å²) in [5.41, 5.74) is 3.26. The maximum Gasteiger partial charge on any atom is 0.233 e. The van der Waals surface area contributed by atoms with E-state index >= 15 is 0 Å². The highest BCUT2D eigenvalue weighted by molar-refractivity contribution is 7.09. The van der Waals surface area contributed by atoms with E-state index in [4.69, 9.17) is 0 Å². The predicted octanol–water partition coefficient (Wildman–Crippen LogP) is 3.26. The number of thiazole rings is 1. The number of aromatic nitrogens is 1. The van der Waals surface area contributed by atoms with Crippen molar-refractivity contribution in [3.05, 3.63) is 45.9 Å². The third-order valence-corrected chi connectivity index (χ3v) is 6.13. The fourth-order valence-corrected chi connectivity index (χ4v) is 4.57. The minimum atomic E-state index is 0.171.